The number of alkyl halides is 6. The number of carboxylic acid groups (broad SMARTS) is 1. The van der Waals surface area contributed by atoms with Crippen molar-refractivity contribution in [2.45, 2.75) is 12.4 Å². The van der Waals surface area contributed by atoms with Gasteiger partial charge in [0.25, 0.3) is 17.1 Å². The van der Waals surface area contributed by atoms with Gasteiger partial charge in [0.15, 0.2) is 0 Å². The fourth-order valence-electron chi connectivity index (χ4n) is 5.40. The Balaban J connectivity index is 0.000000194. The normalized spacial score (nSPS) is 11.0. The number of carbonyl (C=O) groups excluding carboxylic acids is 3. The van der Waals surface area contributed by atoms with Gasteiger partial charge in [-0.25, -0.2) is 24.5 Å². The van der Waals surface area contributed by atoms with Crippen molar-refractivity contribution in [2.24, 2.45) is 0 Å². The molecule has 0 spiro atoms. The average molecular weight is 877 g/mol. The average Bonchev–Trinajstić information content (AvgIpc) is 3.24. The van der Waals surface area contributed by atoms with Crippen LogP contribution in [0.15, 0.2) is 143 Å². The van der Waals surface area contributed by atoms with Crippen molar-refractivity contribution in [1.29, 1.82) is 0 Å². The molecule has 0 saturated heterocycles. The number of pyridine rings is 2. The Hall–Kier alpha value is -7.93. The van der Waals surface area contributed by atoms with E-state index < -0.39 is 69.1 Å². The van der Waals surface area contributed by atoms with E-state index in [1.54, 1.807) is 36.4 Å². The molecule has 7 rings (SSSR count). The van der Waals surface area contributed by atoms with Gasteiger partial charge in [-0.3, -0.25) is 14.4 Å². The standard InChI is InChI=1S/C21H12F3N3O3.C13H11N3O3.C8H4ClF3O/c22-21(23,24)15-9-2-1-6-12(15)19-27-17-13(7-5-8-14(17)20(29)30-19)18(28)26-16-10-3-4-11-25-16;14-11-8(4-3-5-9(11)13(18)19)12(17)16-10-6-1-2-7-15-10;9-7(13)5-3-1-2-4-6(5)8(10,11)12/h1-11H,(H,25,26,28);1-7H,14H2,(H,18,19)(H,15,16,17);1-4H. The molecule has 62 heavy (non-hydrogen) atoms. The Morgan fingerprint density at radius 2 is 1.10 bits per heavy atom. The number of fused-ring (bicyclic) bond motifs is 1. The third kappa shape index (κ3) is 11.2. The second-order valence-electron chi connectivity index (χ2n) is 12.3. The number of amides is 2. The molecule has 13 nitrogen and oxygen atoms in total. The number of para-hydroxylation sites is 2. The second kappa shape index (κ2) is 19.4. The largest absolute Gasteiger partial charge is 0.478 e. The molecule has 0 aliphatic heterocycles. The first-order valence-electron chi connectivity index (χ1n) is 17.4. The number of nitrogens with two attached hydrogens (primary N) is 1. The lowest BCUT2D eigenvalue weighted by molar-refractivity contribution is -0.138. The number of halogens is 7. The summed E-state index contributed by atoms with van der Waals surface area (Å²) in [6.07, 6.45) is -6.20. The van der Waals surface area contributed by atoms with Crippen molar-refractivity contribution in [3.05, 3.63) is 178 Å². The van der Waals surface area contributed by atoms with E-state index in [1.165, 1.54) is 73.1 Å². The molecule has 0 aliphatic rings. The summed E-state index contributed by atoms with van der Waals surface area (Å²) in [5.41, 5.74) is 1.70. The summed E-state index contributed by atoms with van der Waals surface area (Å²) in [7, 11) is 0. The summed E-state index contributed by atoms with van der Waals surface area (Å²) in [5, 5.41) is 12.9. The first-order chi connectivity index (χ1) is 29.4. The van der Waals surface area contributed by atoms with Crippen LogP contribution in [0.3, 0.4) is 0 Å². The van der Waals surface area contributed by atoms with Crippen LogP contribution in [-0.2, 0) is 12.4 Å². The first kappa shape index (κ1) is 45.2. The van der Waals surface area contributed by atoms with Gasteiger partial charge in [-0.15, -0.1) is 0 Å². The number of nitrogens with one attached hydrogen (secondary N) is 2. The van der Waals surface area contributed by atoms with Gasteiger partial charge in [-0.1, -0.05) is 48.5 Å². The van der Waals surface area contributed by atoms with E-state index in [-0.39, 0.29) is 39.1 Å². The zero-order valence-corrected chi connectivity index (χ0v) is 31.9. The van der Waals surface area contributed by atoms with Gasteiger partial charge in [0.05, 0.1) is 44.4 Å². The SMILES string of the molecule is Nc1c(C(=O)O)cccc1C(=O)Nc1ccccn1.O=C(Cl)c1ccccc1C(F)(F)F.O=C(Nc1ccccn1)c1cccc2c(=O)oc(-c3ccccc3C(F)(F)F)nc12. The lowest BCUT2D eigenvalue weighted by Crippen LogP contribution is -2.16. The first-order valence-corrected chi connectivity index (χ1v) is 17.8. The summed E-state index contributed by atoms with van der Waals surface area (Å²) in [6, 6.07) is 27.5. The van der Waals surface area contributed by atoms with Crippen molar-refractivity contribution in [2.75, 3.05) is 16.4 Å². The van der Waals surface area contributed by atoms with Crippen molar-refractivity contribution in [1.82, 2.24) is 15.0 Å². The molecule has 4 aromatic carbocycles. The summed E-state index contributed by atoms with van der Waals surface area (Å²) in [5.74, 6) is -2.19. The van der Waals surface area contributed by atoms with Crippen LogP contribution in [0.25, 0.3) is 22.4 Å². The third-order valence-electron chi connectivity index (χ3n) is 8.20. The number of aromatic nitrogens is 3. The molecular weight excluding hydrogens is 850 g/mol. The Morgan fingerprint density at radius 3 is 1.63 bits per heavy atom. The van der Waals surface area contributed by atoms with Crippen molar-refractivity contribution in [3.63, 3.8) is 0 Å². The fourth-order valence-corrected chi connectivity index (χ4v) is 5.57. The third-order valence-corrected chi connectivity index (χ3v) is 8.41. The fraction of sp³-hybridized carbons (Fsp3) is 0.0476. The topological polar surface area (TPSA) is 207 Å². The number of benzene rings is 4. The minimum absolute atomic E-state index is 0.00297. The Bertz CT molecular complexity index is 2830. The van der Waals surface area contributed by atoms with Crippen LogP contribution in [0.1, 0.15) is 52.6 Å². The molecule has 0 radical (unpaired) electrons. The molecule has 2 amide bonds. The van der Waals surface area contributed by atoms with Crippen LogP contribution < -0.4 is 22.0 Å². The molecule has 5 N–H and O–H groups in total. The zero-order valence-electron chi connectivity index (χ0n) is 31.2. The molecule has 0 saturated carbocycles. The molecule has 316 valence electrons. The van der Waals surface area contributed by atoms with E-state index in [9.17, 15) is 50.3 Å². The van der Waals surface area contributed by atoms with E-state index in [0.717, 1.165) is 24.3 Å². The molecule has 3 heterocycles. The highest BCUT2D eigenvalue weighted by molar-refractivity contribution is 6.67. The quantitative estimate of drug-likeness (QED) is 0.0674. The van der Waals surface area contributed by atoms with E-state index in [4.69, 9.17) is 26.9 Å². The highest BCUT2D eigenvalue weighted by atomic mass is 35.5. The number of nitrogens with zero attached hydrogens (tertiary/aromatic N) is 3. The Morgan fingerprint density at radius 1 is 0.613 bits per heavy atom. The minimum atomic E-state index is -4.68. The number of hydrogen-bond acceptors (Lipinski definition) is 10. The lowest BCUT2D eigenvalue weighted by atomic mass is 10.1. The van der Waals surface area contributed by atoms with Crippen molar-refractivity contribution < 1.29 is 55.0 Å². The number of hydrogen-bond donors (Lipinski definition) is 4. The van der Waals surface area contributed by atoms with Gasteiger partial charge in [0, 0.05) is 23.5 Å². The van der Waals surface area contributed by atoms with E-state index in [2.05, 4.69) is 25.6 Å². The molecular formula is C42H27ClF6N6O7. The number of nitrogen functional groups attached to an aromatic ring is 1. The number of aromatic carboxylic acids is 1. The van der Waals surface area contributed by atoms with E-state index in [1.807, 2.05) is 0 Å². The maximum atomic E-state index is 13.4. The smallest absolute Gasteiger partial charge is 0.417 e. The summed E-state index contributed by atoms with van der Waals surface area (Å²) >= 11 is 4.98. The highest BCUT2D eigenvalue weighted by Gasteiger charge is 2.35. The predicted molar refractivity (Wildman–Crippen MR) is 215 cm³/mol. The number of rotatable bonds is 7. The molecule has 0 atom stereocenters. The zero-order chi connectivity index (χ0) is 45.2. The highest BCUT2D eigenvalue weighted by Crippen LogP contribution is 2.37. The molecule has 20 heteroatoms. The van der Waals surface area contributed by atoms with Crippen LogP contribution in [0.5, 0.6) is 0 Å². The van der Waals surface area contributed by atoms with Crippen LogP contribution in [-0.4, -0.2) is 43.1 Å². The van der Waals surface area contributed by atoms with Gasteiger partial charge >= 0.3 is 23.9 Å². The minimum Gasteiger partial charge on any atom is -0.478 e. The lowest BCUT2D eigenvalue weighted by Gasteiger charge is -2.12. The maximum Gasteiger partial charge on any atom is 0.417 e. The van der Waals surface area contributed by atoms with Crippen molar-refractivity contribution in [3.8, 4) is 11.5 Å². The van der Waals surface area contributed by atoms with Crippen molar-refractivity contribution >= 4 is 62.9 Å². The summed E-state index contributed by atoms with van der Waals surface area (Å²) < 4.78 is 81.8. The van der Waals surface area contributed by atoms with Gasteiger partial charge < -0.3 is 25.9 Å². The van der Waals surface area contributed by atoms with Gasteiger partial charge in [0.1, 0.15) is 11.6 Å². The molecule has 0 aliphatic carbocycles. The molecule has 7 aromatic rings. The van der Waals surface area contributed by atoms with Gasteiger partial charge in [-0.05, 0) is 84.4 Å². The van der Waals surface area contributed by atoms with Gasteiger partial charge in [-0.2, -0.15) is 26.3 Å². The molecule has 0 bridgehead atoms. The van der Waals surface area contributed by atoms with Crippen LogP contribution in [0.2, 0.25) is 0 Å². The van der Waals surface area contributed by atoms with Crippen LogP contribution >= 0.6 is 11.6 Å². The maximum absolute atomic E-state index is 13.4. The number of carbonyl (C=O) groups is 4. The number of carboxylic acids is 1. The van der Waals surface area contributed by atoms with Crippen LogP contribution in [0, 0.1) is 0 Å². The number of anilines is 3. The Labute approximate surface area is 349 Å². The molecule has 3 aromatic heterocycles. The van der Waals surface area contributed by atoms with Crippen LogP contribution in [0.4, 0.5) is 43.7 Å². The predicted octanol–water partition coefficient (Wildman–Crippen LogP) is 9.22. The van der Waals surface area contributed by atoms with E-state index >= 15 is 0 Å². The monoisotopic (exact) mass is 876 g/mol. The summed E-state index contributed by atoms with van der Waals surface area (Å²) in [6.45, 7) is 0. The Kier molecular flexibility index (Phi) is 14.1. The second-order valence-corrected chi connectivity index (χ2v) is 12.6. The van der Waals surface area contributed by atoms with E-state index in [0.29, 0.717) is 5.82 Å². The molecule has 0 fully saturated rings. The van der Waals surface area contributed by atoms with Gasteiger partial charge in [0.2, 0.25) is 5.89 Å². The summed E-state index contributed by atoms with van der Waals surface area (Å²) in [4.78, 5) is 70.7. The molecule has 0 unspecified atom stereocenters.